The first kappa shape index (κ1) is 11.9. The third-order valence-electron chi connectivity index (χ3n) is 2.10. The Bertz CT molecular complexity index is 269. The molecule has 1 heterocycles. The van der Waals surface area contributed by atoms with Gasteiger partial charge in [-0.2, -0.15) is 12.7 Å². The molecule has 1 saturated heterocycles. The molecule has 84 valence electrons. The summed E-state index contributed by atoms with van der Waals surface area (Å²) in [6.45, 7) is 2.14. The molecule has 6 nitrogen and oxygen atoms in total. The molecule has 0 spiro atoms. The first-order valence-electron chi connectivity index (χ1n) is 4.58. The van der Waals surface area contributed by atoms with Crippen molar-refractivity contribution in [2.45, 2.75) is 25.6 Å². The quantitative estimate of drug-likeness (QED) is 0.529. The number of hydrogen-bond donors (Lipinski definition) is 3. The molecule has 14 heavy (non-hydrogen) atoms. The van der Waals surface area contributed by atoms with Gasteiger partial charge in [-0.15, -0.1) is 0 Å². The standard InChI is InChI=1S/C7H16N2O4S/c1-2-3-8-14(12,13)9-4-6(10)7(11)5-9/h6-8,10-11H,2-5H2,1H3. The molecule has 0 aromatic heterocycles. The van der Waals surface area contributed by atoms with Crippen LogP contribution in [0.3, 0.4) is 0 Å². The third-order valence-corrected chi connectivity index (χ3v) is 3.65. The molecule has 0 bridgehead atoms. The van der Waals surface area contributed by atoms with Gasteiger partial charge in [-0.3, -0.25) is 0 Å². The molecule has 0 aromatic carbocycles. The summed E-state index contributed by atoms with van der Waals surface area (Å²) in [5, 5.41) is 18.3. The van der Waals surface area contributed by atoms with Gasteiger partial charge in [0.1, 0.15) is 0 Å². The zero-order valence-corrected chi connectivity index (χ0v) is 8.87. The van der Waals surface area contributed by atoms with E-state index in [9.17, 15) is 18.6 Å². The van der Waals surface area contributed by atoms with Crippen LogP contribution in [0, 0.1) is 0 Å². The van der Waals surface area contributed by atoms with Crippen molar-refractivity contribution in [1.29, 1.82) is 0 Å². The highest BCUT2D eigenvalue weighted by atomic mass is 32.2. The number of rotatable bonds is 4. The fraction of sp³-hybridized carbons (Fsp3) is 1.00. The Balaban J connectivity index is 2.57. The molecule has 2 atom stereocenters. The fourth-order valence-corrected chi connectivity index (χ4v) is 2.60. The van der Waals surface area contributed by atoms with Crippen molar-refractivity contribution in [2.75, 3.05) is 19.6 Å². The fourth-order valence-electron chi connectivity index (χ4n) is 1.25. The van der Waals surface area contributed by atoms with Crippen molar-refractivity contribution in [2.24, 2.45) is 0 Å². The van der Waals surface area contributed by atoms with Crippen LogP contribution in [-0.4, -0.2) is 54.8 Å². The molecule has 7 heteroatoms. The van der Waals surface area contributed by atoms with Crippen molar-refractivity contribution in [1.82, 2.24) is 9.03 Å². The first-order chi connectivity index (χ1) is 6.47. The molecule has 0 saturated carbocycles. The van der Waals surface area contributed by atoms with E-state index in [1.54, 1.807) is 0 Å². The van der Waals surface area contributed by atoms with Crippen LogP contribution < -0.4 is 4.72 Å². The topological polar surface area (TPSA) is 89.9 Å². The largest absolute Gasteiger partial charge is 0.389 e. The Morgan fingerprint density at radius 2 is 1.86 bits per heavy atom. The molecule has 1 rings (SSSR count). The summed E-state index contributed by atoms with van der Waals surface area (Å²) in [6.07, 6.45) is -1.25. The van der Waals surface area contributed by atoms with E-state index < -0.39 is 22.4 Å². The summed E-state index contributed by atoms with van der Waals surface area (Å²) >= 11 is 0. The number of β-amino-alcohol motifs (C(OH)–C–C–N with tert-alkyl or cyclic N) is 2. The summed E-state index contributed by atoms with van der Waals surface area (Å²) < 4.78 is 26.4. The van der Waals surface area contributed by atoms with Crippen LogP contribution in [0.1, 0.15) is 13.3 Å². The van der Waals surface area contributed by atoms with E-state index in [2.05, 4.69) is 4.72 Å². The zero-order valence-electron chi connectivity index (χ0n) is 8.05. The van der Waals surface area contributed by atoms with Crippen molar-refractivity contribution in [3.8, 4) is 0 Å². The second kappa shape index (κ2) is 4.54. The normalized spacial score (nSPS) is 29.6. The van der Waals surface area contributed by atoms with E-state index in [1.807, 2.05) is 6.92 Å². The Morgan fingerprint density at radius 3 is 2.29 bits per heavy atom. The van der Waals surface area contributed by atoms with E-state index >= 15 is 0 Å². The van der Waals surface area contributed by atoms with Crippen molar-refractivity contribution >= 4 is 10.2 Å². The number of nitrogens with zero attached hydrogens (tertiary/aromatic N) is 1. The summed E-state index contributed by atoms with van der Waals surface area (Å²) in [6, 6.07) is 0. The van der Waals surface area contributed by atoms with Gasteiger partial charge in [0.15, 0.2) is 0 Å². The van der Waals surface area contributed by atoms with Gasteiger partial charge < -0.3 is 10.2 Å². The molecule has 2 unspecified atom stereocenters. The average Bonchev–Trinajstić information content (AvgIpc) is 2.45. The second-order valence-corrected chi connectivity index (χ2v) is 5.11. The molecule has 1 aliphatic rings. The van der Waals surface area contributed by atoms with Crippen LogP contribution >= 0.6 is 0 Å². The lowest BCUT2D eigenvalue weighted by molar-refractivity contribution is 0.0572. The van der Waals surface area contributed by atoms with E-state index in [1.165, 1.54) is 0 Å². The molecule has 1 fully saturated rings. The maximum atomic E-state index is 11.5. The van der Waals surface area contributed by atoms with Crippen molar-refractivity contribution < 1.29 is 18.6 Å². The van der Waals surface area contributed by atoms with Crippen molar-refractivity contribution in [3.05, 3.63) is 0 Å². The highest BCUT2D eigenvalue weighted by Gasteiger charge is 2.36. The SMILES string of the molecule is CCCNS(=O)(=O)N1CC(O)C(O)C1. The second-order valence-electron chi connectivity index (χ2n) is 3.35. The maximum absolute atomic E-state index is 11.5. The Kier molecular flexibility index (Phi) is 3.85. The lowest BCUT2D eigenvalue weighted by atomic mass is 10.3. The molecule has 0 aromatic rings. The van der Waals surface area contributed by atoms with Gasteiger partial charge in [-0.1, -0.05) is 6.92 Å². The summed E-state index contributed by atoms with van der Waals surface area (Å²) in [4.78, 5) is 0. The smallest absolute Gasteiger partial charge is 0.279 e. The lowest BCUT2D eigenvalue weighted by Gasteiger charge is -2.15. The molecule has 0 aliphatic carbocycles. The Morgan fingerprint density at radius 1 is 1.36 bits per heavy atom. The molecular weight excluding hydrogens is 208 g/mol. The van der Waals surface area contributed by atoms with Gasteiger partial charge in [-0.25, -0.2) is 4.72 Å². The van der Waals surface area contributed by atoms with Crippen LogP contribution in [0.5, 0.6) is 0 Å². The van der Waals surface area contributed by atoms with Gasteiger partial charge in [0, 0.05) is 19.6 Å². The van der Waals surface area contributed by atoms with E-state index in [0.717, 1.165) is 4.31 Å². The summed E-state index contributed by atoms with van der Waals surface area (Å²) in [5.41, 5.74) is 0. The number of aliphatic hydroxyl groups is 2. The van der Waals surface area contributed by atoms with Crippen LogP contribution in [0.15, 0.2) is 0 Å². The van der Waals surface area contributed by atoms with E-state index in [4.69, 9.17) is 0 Å². The Labute approximate surface area is 83.7 Å². The minimum absolute atomic E-state index is 0.0415. The van der Waals surface area contributed by atoms with E-state index in [-0.39, 0.29) is 13.1 Å². The van der Waals surface area contributed by atoms with Crippen LogP contribution in [0.25, 0.3) is 0 Å². The summed E-state index contributed by atoms with van der Waals surface area (Å²) in [7, 11) is -3.52. The minimum atomic E-state index is -3.52. The summed E-state index contributed by atoms with van der Waals surface area (Å²) in [5.74, 6) is 0. The first-order valence-corrected chi connectivity index (χ1v) is 6.02. The van der Waals surface area contributed by atoms with Crippen LogP contribution in [0.4, 0.5) is 0 Å². The number of nitrogens with one attached hydrogen (secondary N) is 1. The predicted octanol–water partition coefficient (Wildman–Crippen LogP) is -1.73. The van der Waals surface area contributed by atoms with Crippen molar-refractivity contribution in [3.63, 3.8) is 0 Å². The highest BCUT2D eigenvalue weighted by molar-refractivity contribution is 7.87. The van der Waals surface area contributed by atoms with Gasteiger partial charge in [0.2, 0.25) is 0 Å². The lowest BCUT2D eigenvalue weighted by Crippen LogP contribution is -2.40. The molecule has 0 radical (unpaired) electrons. The molecule has 3 N–H and O–H groups in total. The highest BCUT2D eigenvalue weighted by Crippen LogP contribution is 2.12. The van der Waals surface area contributed by atoms with Gasteiger partial charge in [0.05, 0.1) is 12.2 Å². The van der Waals surface area contributed by atoms with Crippen LogP contribution in [-0.2, 0) is 10.2 Å². The van der Waals surface area contributed by atoms with Crippen LogP contribution in [0.2, 0.25) is 0 Å². The van der Waals surface area contributed by atoms with E-state index in [0.29, 0.717) is 13.0 Å². The third kappa shape index (κ3) is 2.64. The Hall–Kier alpha value is -0.210. The average molecular weight is 224 g/mol. The monoisotopic (exact) mass is 224 g/mol. The predicted molar refractivity (Wildman–Crippen MR) is 50.8 cm³/mol. The van der Waals surface area contributed by atoms with Gasteiger partial charge in [0.25, 0.3) is 10.2 Å². The molecular formula is C7H16N2O4S. The molecule has 1 aliphatic heterocycles. The van der Waals surface area contributed by atoms with Gasteiger partial charge >= 0.3 is 0 Å². The zero-order chi connectivity index (χ0) is 10.8. The number of aliphatic hydroxyl groups excluding tert-OH is 2. The number of hydrogen-bond acceptors (Lipinski definition) is 4. The van der Waals surface area contributed by atoms with Gasteiger partial charge in [-0.05, 0) is 6.42 Å². The molecule has 0 amide bonds. The minimum Gasteiger partial charge on any atom is -0.389 e. The maximum Gasteiger partial charge on any atom is 0.279 e.